The van der Waals surface area contributed by atoms with Crippen LogP contribution in [0.4, 0.5) is 0 Å². The van der Waals surface area contributed by atoms with E-state index in [1.807, 2.05) is 0 Å². The van der Waals surface area contributed by atoms with Gasteiger partial charge in [-0.1, -0.05) is 30.3 Å². The lowest BCUT2D eigenvalue weighted by atomic mass is 10.1. The molecule has 164 valence electrons. The summed E-state index contributed by atoms with van der Waals surface area (Å²) in [4.78, 5) is 7.24. The lowest BCUT2D eigenvalue weighted by Crippen LogP contribution is -2.45. The van der Waals surface area contributed by atoms with Crippen molar-refractivity contribution < 1.29 is 8.42 Å². The Morgan fingerprint density at radius 2 is 1.97 bits per heavy atom. The largest absolute Gasteiger partial charge is 0.357 e. The van der Waals surface area contributed by atoms with Crippen LogP contribution in [0.25, 0.3) is 0 Å². The highest BCUT2D eigenvalue weighted by molar-refractivity contribution is 14.0. The van der Waals surface area contributed by atoms with Crippen LogP contribution in [-0.4, -0.2) is 63.0 Å². The average molecular weight is 535 g/mol. The highest BCUT2D eigenvalue weighted by Gasteiger charge is 2.45. The number of rotatable bonds is 8. The number of hydrogen-bond acceptors (Lipinski definition) is 4. The quantitative estimate of drug-likeness (QED) is 0.305. The normalized spacial score (nSPS) is 24.0. The number of hydrogen-bond donors (Lipinski definition) is 2. The topological polar surface area (TPSA) is 73.8 Å². The molecule has 2 fully saturated rings. The van der Waals surface area contributed by atoms with Crippen LogP contribution in [0.5, 0.6) is 0 Å². The number of aliphatic imine (C=N–C) groups is 1. The summed E-state index contributed by atoms with van der Waals surface area (Å²) in [6.45, 7) is 7.65. The van der Waals surface area contributed by atoms with Crippen LogP contribution in [0, 0.1) is 5.41 Å². The van der Waals surface area contributed by atoms with E-state index in [0.29, 0.717) is 18.6 Å². The van der Waals surface area contributed by atoms with Gasteiger partial charge in [0, 0.05) is 49.9 Å². The molecule has 6 nitrogen and oxygen atoms in total. The second-order valence-corrected chi connectivity index (χ2v) is 10.7. The molecule has 1 aliphatic carbocycles. The molecule has 2 atom stereocenters. The fourth-order valence-electron chi connectivity index (χ4n) is 4.08. The molecular weight excluding hydrogens is 499 g/mol. The van der Waals surface area contributed by atoms with Crippen molar-refractivity contribution in [1.29, 1.82) is 0 Å². The third-order valence-electron chi connectivity index (χ3n) is 5.72. The van der Waals surface area contributed by atoms with Gasteiger partial charge in [0.05, 0.1) is 5.75 Å². The molecule has 0 amide bonds. The van der Waals surface area contributed by atoms with E-state index in [1.165, 1.54) is 11.8 Å². The van der Waals surface area contributed by atoms with Gasteiger partial charge in [-0.05, 0) is 38.7 Å². The number of halogens is 1. The summed E-state index contributed by atoms with van der Waals surface area (Å²) in [5, 5.41) is 6.90. The Morgan fingerprint density at radius 3 is 2.55 bits per heavy atom. The summed E-state index contributed by atoms with van der Waals surface area (Å²) in [5.74, 6) is 1.05. The van der Waals surface area contributed by atoms with Crippen LogP contribution in [0.2, 0.25) is 0 Å². The molecule has 29 heavy (non-hydrogen) atoms. The maximum atomic E-state index is 11.7. The van der Waals surface area contributed by atoms with E-state index in [1.54, 1.807) is 0 Å². The first-order chi connectivity index (χ1) is 13.3. The molecule has 2 unspecified atom stereocenters. The highest BCUT2D eigenvalue weighted by atomic mass is 127. The average Bonchev–Trinajstić information content (AvgIpc) is 3.29. The van der Waals surface area contributed by atoms with Crippen LogP contribution in [-0.2, 0) is 16.4 Å². The first-order valence-corrected chi connectivity index (χ1v) is 12.4. The number of likely N-dealkylation sites (tertiary alicyclic amines) is 1. The van der Waals surface area contributed by atoms with E-state index in [2.05, 4.69) is 59.7 Å². The summed E-state index contributed by atoms with van der Waals surface area (Å²) >= 11 is 0. The van der Waals surface area contributed by atoms with Crippen molar-refractivity contribution in [2.24, 2.45) is 10.4 Å². The van der Waals surface area contributed by atoms with Gasteiger partial charge >= 0.3 is 0 Å². The Labute approximate surface area is 192 Å². The summed E-state index contributed by atoms with van der Waals surface area (Å²) in [6, 6.07) is 11.4. The molecular formula is C21H35IN4O2S. The number of nitrogens with one attached hydrogen (secondary N) is 2. The molecule has 0 spiro atoms. The molecule has 0 aromatic heterocycles. The van der Waals surface area contributed by atoms with Gasteiger partial charge in [-0.25, -0.2) is 8.42 Å². The van der Waals surface area contributed by atoms with Gasteiger partial charge in [-0.3, -0.25) is 9.89 Å². The van der Waals surface area contributed by atoms with E-state index in [4.69, 9.17) is 4.99 Å². The van der Waals surface area contributed by atoms with Gasteiger partial charge in [-0.2, -0.15) is 0 Å². The molecule has 1 saturated carbocycles. The van der Waals surface area contributed by atoms with Gasteiger partial charge < -0.3 is 10.6 Å². The molecule has 1 aliphatic heterocycles. The molecule has 1 heterocycles. The zero-order valence-electron chi connectivity index (χ0n) is 17.7. The Morgan fingerprint density at radius 1 is 1.28 bits per heavy atom. The highest BCUT2D eigenvalue weighted by Crippen LogP contribution is 2.46. The summed E-state index contributed by atoms with van der Waals surface area (Å²) < 4.78 is 23.3. The molecule has 1 aromatic carbocycles. The number of sulfone groups is 1. The molecule has 2 aliphatic rings. The minimum Gasteiger partial charge on any atom is -0.357 e. The predicted molar refractivity (Wildman–Crippen MR) is 131 cm³/mol. The second kappa shape index (κ2) is 10.4. The molecule has 3 rings (SSSR count). The van der Waals surface area contributed by atoms with Crippen molar-refractivity contribution >= 4 is 39.8 Å². The van der Waals surface area contributed by atoms with Crippen molar-refractivity contribution in [3.05, 3.63) is 35.9 Å². The van der Waals surface area contributed by atoms with Crippen molar-refractivity contribution in [3.8, 4) is 0 Å². The maximum absolute atomic E-state index is 11.7. The monoisotopic (exact) mass is 534 g/mol. The smallest absolute Gasteiger partial charge is 0.191 e. The van der Waals surface area contributed by atoms with E-state index >= 15 is 0 Å². The summed E-state index contributed by atoms with van der Waals surface area (Å²) in [6.07, 6.45) is 4.30. The van der Waals surface area contributed by atoms with Crippen LogP contribution in [0.15, 0.2) is 35.3 Å². The Bertz CT molecular complexity index is 781. The fraction of sp³-hybridized carbons (Fsp3) is 0.667. The van der Waals surface area contributed by atoms with E-state index in [9.17, 15) is 8.42 Å². The minimum atomic E-state index is -2.96. The number of guanidine groups is 1. The SMILES string of the molecule is CCNC(=NCC1(CS(C)(=O)=O)CC1)NC1CC(C)N(Cc2ccccc2)C1.I. The Kier molecular flexibility index (Phi) is 8.78. The van der Waals surface area contributed by atoms with Gasteiger partial charge in [0.15, 0.2) is 5.96 Å². The molecule has 2 N–H and O–H groups in total. The zero-order valence-corrected chi connectivity index (χ0v) is 20.9. The Hall–Kier alpha value is -0.870. The third kappa shape index (κ3) is 7.71. The first-order valence-electron chi connectivity index (χ1n) is 10.3. The minimum absolute atomic E-state index is 0. The maximum Gasteiger partial charge on any atom is 0.191 e. The fourth-order valence-corrected chi connectivity index (χ4v) is 5.57. The standard InChI is InChI=1S/C21H34N4O2S.HI/c1-4-22-20(23-15-21(10-11-21)16-28(3,26)27)24-19-12-17(2)25(14-19)13-18-8-6-5-7-9-18;/h5-9,17,19H,4,10-16H2,1-3H3,(H2,22,23,24);1H. The molecule has 1 saturated heterocycles. The van der Waals surface area contributed by atoms with E-state index < -0.39 is 9.84 Å². The predicted octanol–water partition coefficient (Wildman–Crippen LogP) is 2.65. The lowest BCUT2D eigenvalue weighted by Gasteiger charge is -2.21. The van der Waals surface area contributed by atoms with E-state index in [-0.39, 0.29) is 35.1 Å². The molecule has 0 bridgehead atoms. The lowest BCUT2D eigenvalue weighted by molar-refractivity contribution is 0.258. The van der Waals surface area contributed by atoms with Crippen molar-refractivity contribution in [3.63, 3.8) is 0 Å². The third-order valence-corrected chi connectivity index (χ3v) is 6.85. The summed E-state index contributed by atoms with van der Waals surface area (Å²) in [7, 11) is -2.96. The van der Waals surface area contributed by atoms with Crippen molar-refractivity contribution in [2.75, 3.05) is 31.6 Å². The van der Waals surface area contributed by atoms with Gasteiger partial charge in [0.25, 0.3) is 0 Å². The van der Waals surface area contributed by atoms with E-state index in [0.717, 1.165) is 44.9 Å². The van der Waals surface area contributed by atoms with Crippen LogP contribution in [0.1, 0.15) is 38.7 Å². The molecule has 1 aromatic rings. The number of nitrogens with zero attached hydrogens (tertiary/aromatic N) is 2. The van der Waals surface area contributed by atoms with Crippen molar-refractivity contribution in [1.82, 2.24) is 15.5 Å². The van der Waals surface area contributed by atoms with Gasteiger partial charge in [0.2, 0.25) is 0 Å². The van der Waals surface area contributed by atoms with Crippen LogP contribution in [0.3, 0.4) is 0 Å². The zero-order chi connectivity index (χ0) is 20.2. The van der Waals surface area contributed by atoms with Crippen LogP contribution < -0.4 is 10.6 Å². The van der Waals surface area contributed by atoms with Crippen molar-refractivity contribution in [2.45, 2.75) is 51.7 Å². The van der Waals surface area contributed by atoms with Gasteiger partial charge in [-0.15, -0.1) is 24.0 Å². The first kappa shape index (κ1) is 24.4. The molecule has 8 heteroatoms. The number of benzene rings is 1. The van der Waals surface area contributed by atoms with Gasteiger partial charge in [0.1, 0.15) is 9.84 Å². The molecule has 0 radical (unpaired) electrons. The summed E-state index contributed by atoms with van der Waals surface area (Å²) in [5.41, 5.74) is 1.20. The van der Waals surface area contributed by atoms with Crippen LogP contribution >= 0.6 is 24.0 Å². The second-order valence-electron chi connectivity index (χ2n) is 8.61. The Balaban J connectivity index is 0.00000300.